The summed E-state index contributed by atoms with van der Waals surface area (Å²) in [5.41, 5.74) is 5.10. The Bertz CT molecular complexity index is 844. The van der Waals surface area contributed by atoms with Crippen molar-refractivity contribution in [3.63, 3.8) is 0 Å². The third-order valence-electron chi connectivity index (χ3n) is 4.16. The maximum absolute atomic E-state index is 2.26. The van der Waals surface area contributed by atoms with Crippen LogP contribution in [0.3, 0.4) is 0 Å². The topological polar surface area (TPSA) is 0 Å². The van der Waals surface area contributed by atoms with Crippen LogP contribution in [-0.4, -0.2) is 15.0 Å². The van der Waals surface area contributed by atoms with Crippen LogP contribution in [0.2, 0.25) is 0 Å². The molecule has 0 saturated carbocycles. The van der Waals surface area contributed by atoms with Gasteiger partial charge in [0, 0.05) is 0 Å². The molecule has 0 atom stereocenters. The van der Waals surface area contributed by atoms with Gasteiger partial charge in [0.1, 0.15) is 0 Å². The summed E-state index contributed by atoms with van der Waals surface area (Å²) in [4.78, 5) is 0. The number of benzene rings is 4. The first-order valence-electron chi connectivity index (χ1n) is 8.37. The summed E-state index contributed by atoms with van der Waals surface area (Å²) >= 11 is 0.338. The molecule has 4 rings (SSSR count). The van der Waals surface area contributed by atoms with Crippen molar-refractivity contribution in [2.45, 2.75) is 0 Å². The zero-order valence-corrected chi connectivity index (χ0v) is 15.5. The molecule has 4 aromatic carbocycles. The van der Waals surface area contributed by atoms with Crippen LogP contribution in [0.15, 0.2) is 109 Å². The normalized spacial score (nSPS) is 10.6. The van der Waals surface area contributed by atoms with E-state index in [9.17, 15) is 0 Å². The van der Waals surface area contributed by atoms with Gasteiger partial charge >= 0.3 is 155 Å². The molecule has 0 spiro atoms. The van der Waals surface area contributed by atoms with Crippen LogP contribution in [0.4, 0.5) is 0 Å². The molecule has 0 nitrogen and oxygen atoms in total. The van der Waals surface area contributed by atoms with Crippen LogP contribution in [0.5, 0.6) is 0 Å². The molecular formula is C24H18Se. The average molecular weight is 385 g/mol. The molecule has 0 radical (unpaired) electrons. The van der Waals surface area contributed by atoms with Gasteiger partial charge in [-0.05, 0) is 0 Å². The van der Waals surface area contributed by atoms with Crippen LogP contribution in [-0.2, 0) is 0 Å². The number of rotatable bonds is 4. The summed E-state index contributed by atoms with van der Waals surface area (Å²) < 4.78 is 2.80. The van der Waals surface area contributed by atoms with Crippen LogP contribution >= 0.6 is 0 Å². The van der Waals surface area contributed by atoms with E-state index in [1.54, 1.807) is 0 Å². The van der Waals surface area contributed by atoms with Gasteiger partial charge in [0.15, 0.2) is 0 Å². The standard InChI is InChI=1S/C24H18Se/c1-3-7-19(8-4-1)21-11-15-23(16-12-21)25-24-17-13-22(14-18-24)20-9-5-2-6-10-20/h1-18H. The molecule has 0 aliphatic rings. The van der Waals surface area contributed by atoms with E-state index in [0.29, 0.717) is 15.0 Å². The molecule has 0 aliphatic heterocycles. The average Bonchev–Trinajstić information content (AvgIpc) is 2.71. The van der Waals surface area contributed by atoms with Gasteiger partial charge in [0.05, 0.1) is 0 Å². The van der Waals surface area contributed by atoms with E-state index in [-0.39, 0.29) is 0 Å². The van der Waals surface area contributed by atoms with Crippen LogP contribution in [0.25, 0.3) is 22.3 Å². The monoisotopic (exact) mass is 386 g/mol. The molecule has 25 heavy (non-hydrogen) atoms. The molecule has 0 unspecified atom stereocenters. The first-order chi connectivity index (χ1) is 12.4. The van der Waals surface area contributed by atoms with Gasteiger partial charge in [-0.25, -0.2) is 0 Å². The Hall–Kier alpha value is -2.60. The van der Waals surface area contributed by atoms with Crippen molar-refractivity contribution in [2.75, 3.05) is 0 Å². The molecule has 0 N–H and O–H groups in total. The maximum atomic E-state index is 2.26. The van der Waals surface area contributed by atoms with Crippen molar-refractivity contribution in [1.29, 1.82) is 0 Å². The molecule has 0 aromatic heterocycles. The van der Waals surface area contributed by atoms with Gasteiger partial charge in [0.25, 0.3) is 0 Å². The van der Waals surface area contributed by atoms with E-state index < -0.39 is 0 Å². The van der Waals surface area contributed by atoms with Gasteiger partial charge < -0.3 is 0 Å². The van der Waals surface area contributed by atoms with Crippen molar-refractivity contribution < 1.29 is 0 Å². The van der Waals surface area contributed by atoms with Gasteiger partial charge in [-0.15, -0.1) is 0 Å². The molecule has 0 fully saturated rings. The van der Waals surface area contributed by atoms with Crippen molar-refractivity contribution in [3.8, 4) is 22.3 Å². The van der Waals surface area contributed by atoms with E-state index in [4.69, 9.17) is 0 Å². The third kappa shape index (κ3) is 3.91. The Kier molecular flexibility index (Phi) is 4.79. The summed E-state index contributed by atoms with van der Waals surface area (Å²) in [6, 6.07) is 39.0. The predicted octanol–water partition coefficient (Wildman–Crippen LogP) is 4.68. The molecule has 0 amide bonds. The molecule has 0 bridgehead atoms. The Morgan fingerprint density at radius 2 is 0.640 bits per heavy atom. The Balaban J connectivity index is 1.49. The molecule has 0 heterocycles. The minimum atomic E-state index is 0.338. The number of hydrogen-bond donors (Lipinski definition) is 0. The first kappa shape index (κ1) is 15.9. The van der Waals surface area contributed by atoms with Crippen molar-refractivity contribution >= 4 is 23.9 Å². The summed E-state index contributed by atoms with van der Waals surface area (Å²) in [5.74, 6) is 0. The van der Waals surface area contributed by atoms with E-state index in [1.807, 2.05) is 0 Å². The van der Waals surface area contributed by atoms with E-state index in [0.717, 1.165) is 0 Å². The molecule has 4 aromatic rings. The Labute approximate surface area is 155 Å². The fourth-order valence-corrected chi connectivity index (χ4v) is 4.54. The Morgan fingerprint density at radius 1 is 0.320 bits per heavy atom. The second-order valence-electron chi connectivity index (χ2n) is 5.88. The van der Waals surface area contributed by atoms with E-state index >= 15 is 0 Å². The third-order valence-corrected chi connectivity index (χ3v) is 6.29. The van der Waals surface area contributed by atoms with Gasteiger partial charge in [0.2, 0.25) is 0 Å². The zero-order valence-electron chi connectivity index (χ0n) is 13.8. The van der Waals surface area contributed by atoms with Gasteiger partial charge in [-0.2, -0.15) is 0 Å². The first-order valence-corrected chi connectivity index (χ1v) is 10.1. The molecule has 0 saturated heterocycles. The SMILES string of the molecule is c1ccc(-c2ccc([Se]c3ccc(-c4ccccc4)cc3)cc2)cc1. The summed E-state index contributed by atoms with van der Waals surface area (Å²) in [7, 11) is 0. The Morgan fingerprint density at radius 3 is 1.00 bits per heavy atom. The minimum absolute atomic E-state index is 0.338. The van der Waals surface area contributed by atoms with Crippen LogP contribution in [0.1, 0.15) is 0 Å². The van der Waals surface area contributed by atoms with Crippen molar-refractivity contribution in [3.05, 3.63) is 109 Å². The van der Waals surface area contributed by atoms with E-state index in [2.05, 4.69) is 109 Å². The van der Waals surface area contributed by atoms with Crippen LogP contribution < -0.4 is 8.92 Å². The summed E-state index contributed by atoms with van der Waals surface area (Å²) in [5, 5.41) is 0. The van der Waals surface area contributed by atoms with Crippen LogP contribution in [0, 0.1) is 0 Å². The fourth-order valence-electron chi connectivity index (χ4n) is 2.83. The van der Waals surface area contributed by atoms with Gasteiger partial charge in [-0.3, -0.25) is 0 Å². The quantitative estimate of drug-likeness (QED) is 0.448. The summed E-state index contributed by atoms with van der Waals surface area (Å²) in [6.07, 6.45) is 0. The predicted molar refractivity (Wildman–Crippen MR) is 109 cm³/mol. The van der Waals surface area contributed by atoms with Crippen molar-refractivity contribution in [1.82, 2.24) is 0 Å². The molecular weight excluding hydrogens is 367 g/mol. The summed E-state index contributed by atoms with van der Waals surface area (Å²) in [6.45, 7) is 0. The molecule has 1 heteroatoms. The zero-order chi connectivity index (χ0) is 16.9. The second kappa shape index (κ2) is 7.53. The van der Waals surface area contributed by atoms with Crippen molar-refractivity contribution in [2.24, 2.45) is 0 Å². The number of hydrogen-bond acceptors (Lipinski definition) is 0. The van der Waals surface area contributed by atoms with E-state index in [1.165, 1.54) is 31.2 Å². The molecule has 0 aliphatic carbocycles. The second-order valence-corrected chi connectivity index (χ2v) is 8.29. The van der Waals surface area contributed by atoms with Gasteiger partial charge in [-0.1, -0.05) is 0 Å². The molecule has 120 valence electrons. The fraction of sp³-hybridized carbons (Fsp3) is 0.